The van der Waals surface area contributed by atoms with Crippen molar-refractivity contribution in [1.29, 1.82) is 0 Å². The first-order valence-electron chi connectivity index (χ1n) is 11.0. The summed E-state index contributed by atoms with van der Waals surface area (Å²) in [5.41, 5.74) is 9.20. The van der Waals surface area contributed by atoms with Crippen LogP contribution in [0.25, 0.3) is 10.4 Å². The van der Waals surface area contributed by atoms with Crippen molar-refractivity contribution in [1.82, 2.24) is 5.32 Å². The zero-order valence-corrected chi connectivity index (χ0v) is 21.2. The molecule has 1 heterocycles. The fourth-order valence-electron chi connectivity index (χ4n) is 3.10. The molecule has 2 amide bonds. The molecule has 0 unspecified atom stereocenters. The molecular weight excluding hydrogens is 489 g/mol. The summed E-state index contributed by atoms with van der Waals surface area (Å²) < 4.78 is 27.5. The zero-order chi connectivity index (χ0) is 25.3. The quantitative estimate of drug-likeness (QED) is 0.220. The molecule has 1 aromatic heterocycles. The maximum atomic E-state index is 12.7. The smallest absolute Gasteiger partial charge is 0.408 e. The van der Waals surface area contributed by atoms with E-state index in [1.54, 1.807) is 55.5 Å². The zero-order valence-electron chi connectivity index (χ0n) is 19.5. The predicted molar refractivity (Wildman–Crippen MR) is 138 cm³/mol. The monoisotopic (exact) mass is 517 g/mol. The summed E-state index contributed by atoms with van der Waals surface area (Å²) >= 11 is 1.60. The van der Waals surface area contributed by atoms with Crippen molar-refractivity contribution < 1.29 is 27.9 Å². The standard InChI is InChI=1S/C24H28N3O6PS/c1-3-32-34(30,33-4-2)16-31-24(29)26-15-17-7-9-18(10-8-17)23(28)27-21-14-19(11-12-20(21)25)22-6-5-13-35-22/h5-14H,3-4,15-16,25H2,1-2H3,(H,26,29)(H,27,28). The van der Waals surface area contributed by atoms with Crippen LogP contribution in [0.2, 0.25) is 0 Å². The Morgan fingerprint density at radius 1 is 1.03 bits per heavy atom. The van der Waals surface area contributed by atoms with Gasteiger partial charge in [-0.1, -0.05) is 24.3 Å². The van der Waals surface area contributed by atoms with Gasteiger partial charge >= 0.3 is 13.7 Å². The minimum atomic E-state index is -3.47. The van der Waals surface area contributed by atoms with E-state index in [1.807, 2.05) is 29.6 Å². The first-order chi connectivity index (χ1) is 16.8. The molecule has 3 aromatic rings. The molecule has 3 rings (SSSR count). The maximum absolute atomic E-state index is 12.7. The van der Waals surface area contributed by atoms with Crippen molar-refractivity contribution in [3.8, 4) is 10.4 Å². The molecule has 0 bridgehead atoms. The SMILES string of the molecule is CCOP(=O)(COC(=O)NCc1ccc(C(=O)Nc2cc(-c3cccs3)ccc2N)cc1)OCC. The number of benzene rings is 2. The van der Waals surface area contributed by atoms with Crippen molar-refractivity contribution in [3.63, 3.8) is 0 Å². The van der Waals surface area contributed by atoms with Crippen LogP contribution in [-0.4, -0.2) is 31.6 Å². The van der Waals surface area contributed by atoms with Gasteiger partial charge in [0.2, 0.25) is 0 Å². The molecule has 0 spiro atoms. The third kappa shape index (κ3) is 7.66. The number of carbonyl (C=O) groups excluding carboxylic acids is 2. The van der Waals surface area contributed by atoms with E-state index < -0.39 is 20.0 Å². The molecule has 0 fully saturated rings. The van der Waals surface area contributed by atoms with E-state index >= 15 is 0 Å². The normalized spacial score (nSPS) is 11.1. The number of alkyl carbamates (subject to hydrolysis) is 1. The molecule has 9 nitrogen and oxygen atoms in total. The van der Waals surface area contributed by atoms with Gasteiger partial charge in [-0.05, 0) is 60.7 Å². The molecule has 11 heteroatoms. The topological polar surface area (TPSA) is 129 Å². The minimum absolute atomic E-state index is 0.157. The van der Waals surface area contributed by atoms with Gasteiger partial charge in [-0.25, -0.2) is 4.79 Å². The van der Waals surface area contributed by atoms with Gasteiger partial charge in [0.05, 0.1) is 24.6 Å². The average molecular weight is 518 g/mol. The lowest BCUT2D eigenvalue weighted by atomic mass is 10.1. The second-order valence-electron chi connectivity index (χ2n) is 7.29. The van der Waals surface area contributed by atoms with E-state index in [0.29, 0.717) is 16.9 Å². The van der Waals surface area contributed by atoms with Crippen LogP contribution in [-0.2, 0) is 24.9 Å². The van der Waals surface area contributed by atoms with Crippen LogP contribution in [0.1, 0.15) is 29.8 Å². The largest absolute Gasteiger partial charge is 0.437 e. The van der Waals surface area contributed by atoms with E-state index in [2.05, 4.69) is 10.6 Å². The molecule has 0 saturated heterocycles. The molecule has 0 atom stereocenters. The highest BCUT2D eigenvalue weighted by Crippen LogP contribution is 2.47. The molecule has 0 aliphatic rings. The number of carbonyl (C=O) groups is 2. The van der Waals surface area contributed by atoms with Crippen LogP contribution in [0.5, 0.6) is 0 Å². The summed E-state index contributed by atoms with van der Waals surface area (Å²) in [6.07, 6.45) is -1.23. The maximum Gasteiger partial charge on any atom is 0.408 e. The van der Waals surface area contributed by atoms with Crippen LogP contribution in [0.3, 0.4) is 0 Å². The van der Waals surface area contributed by atoms with Crippen LogP contribution < -0.4 is 16.4 Å². The fraction of sp³-hybridized carbons (Fsp3) is 0.250. The number of ether oxygens (including phenoxy) is 1. The Labute approximate surface area is 208 Å². The number of rotatable bonds is 11. The summed E-state index contributed by atoms with van der Waals surface area (Å²) in [5.74, 6) is -0.304. The molecule has 0 aliphatic carbocycles. The van der Waals surface area contributed by atoms with Gasteiger partial charge in [0, 0.05) is 17.0 Å². The third-order valence-electron chi connectivity index (χ3n) is 4.77. The van der Waals surface area contributed by atoms with Crippen LogP contribution in [0.15, 0.2) is 60.0 Å². The van der Waals surface area contributed by atoms with E-state index in [4.69, 9.17) is 19.5 Å². The molecule has 35 heavy (non-hydrogen) atoms. The van der Waals surface area contributed by atoms with E-state index in [0.717, 1.165) is 16.0 Å². The first kappa shape index (κ1) is 26.4. The van der Waals surface area contributed by atoms with Crippen molar-refractivity contribution in [3.05, 3.63) is 71.1 Å². The highest BCUT2D eigenvalue weighted by atomic mass is 32.1. The Morgan fingerprint density at radius 3 is 2.37 bits per heavy atom. The van der Waals surface area contributed by atoms with E-state index in [-0.39, 0.29) is 25.7 Å². The van der Waals surface area contributed by atoms with Gasteiger partial charge in [0.25, 0.3) is 5.91 Å². The van der Waals surface area contributed by atoms with Gasteiger partial charge in [-0.3, -0.25) is 9.36 Å². The van der Waals surface area contributed by atoms with Crippen molar-refractivity contribution in [2.45, 2.75) is 20.4 Å². The fourth-order valence-corrected chi connectivity index (χ4v) is 5.11. The molecule has 2 aromatic carbocycles. The Balaban J connectivity index is 1.53. The number of hydrogen-bond acceptors (Lipinski definition) is 8. The van der Waals surface area contributed by atoms with Crippen molar-refractivity contribution >= 4 is 42.3 Å². The number of hydrogen-bond donors (Lipinski definition) is 3. The molecule has 4 N–H and O–H groups in total. The summed E-state index contributed by atoms with van der Waals surface area (Å²) in [6.45, 7) is 3.85. The first-order valence-corrected chi connectivity index (χ1v) is 13.6. The van der Waals surface area contributed by atoms with Gasteiger partial charge in [0.15, 0.2) is 6.35 Å². The van der Waals surface area contributed by atoms with Gasteiger partial charge in [-0.2, -0.15) is 0 Å². The van der Waals surface area contributed by atoms with Crippen LogP contribution in [0.4, 0.5) is 16.2 Å². The Hall–Kier alpha value is -3.17. The van der Waals surface area contributed by atoms with E-state index in [1.165, 1.54) is 0 Å². The third-order valence-corrected chi connectivity index (χ3v) is 7.43. The highest BCUT2D eigenvalue weighted by molar-refractivity contribution is 7.53. The van der Waals surface area contributed by atoms with Gasteiger partial charge < -0.3 is 30.2 Å². The molecule has 0 saturated carbocycles. The second kappa shape index (κ2) is 12.5. The Kier molecular flexibility index (Phi) is 9.45. The molecule has 186 valence electrons. The summed E-state index contributed by atoms with van der Waals surface area (Å²) in [6, 6.07) is 16.2. The molecule has 0 aliphatic heterocycles. The van der Waals surface area contributed by atoms with Crippen molar-refractivity contribution in [2.24, 2.45) is 0 Å². The molecule has 0 radical (unpaired) electrons. The molecular formula is C24H28N3O6PS. The Morgan fingerprint density at radius 2 is 1.74 bits per heavy atom. The van der Waals surface area contributed by atoms with Crippen molar-refractivity contribution in [2.75, 3.05) is 30.6 Å². The average Bonchev–Trinajstić information content (AvgIpc) is 3.38. The highest BCUT2D eigenvalue weighted by Gasteiger charge is 2.25. The lowest BCUT2D eigenvalue weighted by Crippen LogP contribution is -2.24. The van der Waals surface area contributed by atoms with Gasteiger partial charge in [0.1, 0.15) is 0 Å². The van der Waals surface area contributed by atoms with Crippen LogP contribution >= 0.6 is 18.9 Å². The summed E-state index contributed by atoms with van der Waals surface area (Å²) in [7, 11) is -3.47. The van der Waals surface area contributed by atoms with Gasteiger partial charge in [-0.15, -0.1) is 11.3 Å². The number of thiophene rings is 1. The predicted octanol–water partition coefficient (Wildman–Crippen LogP) is 5.70. The van der Waals surface area contributed by atoms with E-state index in [9.17, 15) is 14.2 Å². The number of amides is 2. The summed E-state index contributed by atoms with van der Waals surface area (Å²) in [4.78, 5) is 25.8. The summed E-state index contributed by atoms with van der Waals surface area (Å²) in [5, 5.41) is 7.40. The number of nitrogen functional groups attached to an aromatic ring is 1. The van der Waals surface area contributed by atoms with Crippen LogP contribution in [0, 0.1) is 0 Å². The number of anilines is 2. The number of nitrogens with two attached hydrogens (primary N) is 1. The second-order valence-corrected chi connectivity index (χ2v) is 10.2. The lowest BCUT2D eigenvalue weighted by molar-refractivity contribution is 0.102. The number of nitrogens with one attached hydrogen (secondary N) is 2. The lowest BCUT2D eigenvalue weighted by Gasteiger charge is -2.16. The Bertz CT molecular complexity index is 1170. The minimum Gasteiger partial charge on any atom is -0.437 e.